The van der Waals surface area contributed by atoms with Crippen LogP contribution in [0.5, 0.6) is 0 Å². The van der Waals surface area contributed by atoms with Gasteiger partial charge in [0, 0.05) is 17.2 Å². The fourth-order valence-electron chi connectivity index (χ4n) is 2.25. The number of carbonyl (C=O) groups is 1. The van der Waals surface area contributed by atoms with Crippen LogP contribution in [0.15, 0.2) is 29.2 Å². The van der Waals surface area contributed by atoms with Gasteiger partial charge in [-0.15, -0.1) is 11.8 Å². The standard InChI is InChI=1S/C14H18FNO2S/c15-12-3-1-2-4-13(12)19-10-9-16-7-5-11(6-8-16)14(17)18/h1-4,11H,5-10H2,(H,17,18). The lowest BCUT2D eigenvalue weighted by atomic mass is 9.97. The van der Waals surface area contributed by atoms with Crippen LogP contribution in [-0.2, 0) is 4.79 Å². The molecule has 1 aromatic rings. The molecule has 1 saturated heterocycles. The Labute approximate surface area is 116 Å². The van der Waals surface area contributed by atoms with Crippen molar-refractivity contribution in [3.63, 3.8) is 0 Å². The average molecular weight is 283 g/mol. The first-order valence-corrected chi connectivity index (χ1v) is 7.48. The van der Waals surface area contributed by atoms with E-state index in [0.717, 1.165) is 38.2 Å². The van der Waals surface area contributed by atoms with Gasteiger partial charge in [0.15, 0.2) is 0 Å². The number of piperidine rings is 1. The highest BCUT2D eigenvalue weighted by atomic mass is 32.2. The van der Waals surface area contributed by atoms with Gasteiger partial charge in [-0.05, 0) is 38.1 Å². The minimum atomic E-state index is -0.680. The van der Waals surface area contributed by atoms with E-state index in [1.54, 1.807) is 12.1 Å². The molecular weight excluding hydrogens is 265 g/mol. The van der Waals surface area contributed by atoms with Gasteiger partial charge in [0.05, 0.1) is 5.92 Å². The Hall–Kier alpha value is -1.07. The molecule has 0 amide bonds. The number of benzene rings is 1. The molecule has 1 aromatic carbocycles. The van der Waals surface area contributed by atoms with Crippen LogP contribution in [0.3, 0.4) is 0 Å². The first-order chi connectivity index (χ1) is 9.16. The largest absolute Gasteiger partial charge is 0.481 e. The summed E-state index contributed by atoms with van der Waals surface area (Å²) in [6.45, 7) is 2.54. The number of carboxylic acids is 1. The van der Waals surface area contributed by atoms with Crippen LogP contribution in [0.1, 0.15) is 12.8 Å². The van der Waals surface area contributed by atoms with Crippen LogP contribution < -0.4 is 0 Å². The normalized spacial score (nSPS) is 17.5. The maximum Gasteiger partial charge on any atom is 0.306 e. The minimum absolute atomic E-state index is 0.169. The van der Waals surface area contributed by atoms with Crippen LogP contribution in [0.25, 0.3) is 0 Å². The predicted octanol–water partition coefficient (Wildman–Crippen LogP) is 2.71. The molecule has 104 valence electrons. The van der Waals surface area contributed by atoms with Crippen LogP contribution in [0.2, 0.25) is 0 Å². The van der Waals surface area contributed by atoms with E-state index in [-0.39, 0.29) is 11.7 Å². The highest BCUT2D eigenvalue weighted by Crippen LogP contribution is 2.22. The van der Waals surface area contributed by atoms with Crippen molar-refractivity contribution in [2.75, 3.05) is 25.4 Å². The Kier molecular flexibility index (Phi) is 5.22. The quantitative estimate of drug-likeness (QED) is 0.844. The van der Waals surface area contributed by atoms with Crippen LogP contribution in [-0.4, -0.2) is 41.4 Å². The average Bonchev–Trinajstić information content (AvgIpc) is 2.41. The van der Waals surface area contributed by atoms with E-state index < -0.39 is 5.97 Å². The van der Waals surface area contributed by atoms with Crippen LogP contribution in [0.4, 0.5) is 4.39 Å². The second-order valence-electron chi connectivity index (χ2n) is 4.73. The van der Waals surface area contributed by atoms with E-state index >= 15 is 0 Å². The number of likely N-dealkylation sites (tertiary alicyclic amines) is 1. The molecule has 19 heavy (non-hydrogen) atoms. The summed E-state index contributed by atoms with van der Waals surface area (Å²) in [5.74, 6) is -0.202. The van der Waals surface area contributed by atoms with Gasteiger partial charge in [-0.25, -0.2) is 4.39 Å². The van der Waals surface area contributed by atoms with Crippen molar-refractivity contribution in [3.05, 3.63) is 30.1 Å². The minimum Gasteiger partial charge on any atom is -0.481 e. The lowest BCUT2D eigenvalue weighted by Gasteiger charge is -2.29. The van der Waals surface area contributed by atoms with Crippen LogP contribution in [0, 0.1) is 11.7 Å². The van der Waals surface area contributed by atoms with Crippen molar-refractivity contribution >= 4 is 17.7 Å². The SMILES string of the molecule is O=C(O)C1CCN(CCSc2ccccc2F)CC1. The van der Waals surface area contributed by atoms with Crippen molar-refractivity contribution in [1.29, 1.82) is 0 Å². The third-order valence-electron chi connectivity index (χ3n) is 3.44. The zero-order valence-electron chi connectivity index (χ0n) is 10.7. The molecule has 1 fully saturated rings. The maximum absolute atomic E-state index is 13.4. The summed E-state index contributed by atoms with van der Waals surface area (Å²) >= 11 is 1.51. The Balaban J connectivity index is 1.70. The zero-order valence-corrected chi connectivity index (χ0v) is 11.5. The highest BCUT2D eigenvalue weighted by Gasteiger charge is 2.23. The van der Waals surface area contributed by atoms with Crippen molar-refractivity contribution in [2.24, 2.45) is 5.92 Å². The summed E-state index contributed by atoms with van der Waals surface area (Å²) in [7, 11) is 0. The lowest BCUT2D eigenvalue weighted by Crippen LogP contribution is -2.37. The molecule has 1 N–H and O–H groups in total. The molecule has 3 nitrogen and oxygen atoms in total. The number of nitrogens with zero attached hydrogens (tertiary/aromatic N) is 1. The molecule has 0 aliphatic carbocycles. The van der Waals surface area contributed by atoms with Crippen molar-refractivity contribution < 1.29 is 14.3 Å². The highest BCUT2D eigenvalue weighted by molar-refractivity contribution is 7.99. The summed E-state index contributed by atoms with van der Waals surface area (Å²) in [6.07, 6.45) is 1.44. The Bertz CT molecular complexity index is 433. The summed E-state index contributed by atoms with van der Waals surface area (Å²) in [6, 6.07) is 6.79. The number of halogens is 1. The Morgan fingerprint density at radius 2 is 2.05 bits per heavy atom. The number of aliphatic carboxylic acids is 1. The van der Waals surface area contributed by atoms with E-state index in [1.807, 2.05) is 6.07 Å². The first-order valence-electron chi connectivity index (χ1n) is 6.49. The van der Waals surface area contributed by atoms with E-state index in [9.17, 15) is 9.18 Å². The lowest BCUT2D eigenvalue weighted by molar-refractivity contribution is -0.143. The molecule has 0 radical (unpaired) electrons. The van der Waals surface area contributed by atoms with E-state index in [4.69, 9.17) is 5.11 Å². The number of rotatable bonds is 5. The second kappa shape index (κ2) is 6.91. The van der Waals surface area contributed by atoms with Crippen LogP contribution >= 0.6 is 11.8 Å². The van der Waals surface area contributed by atoms with Gasteiger partial charge in [-0.2, -0.15) is 0 Å². The summed E-state index contributed by atoms with van der Waals surface area (Å²) in [5, 5.41) is 8.92. The van der Waals surface area contributed by atoms with Gasteiger partial charge < -0.3 is 10.0 Å². The Morgan fingerprint density at radius 1 is 1.37 bits per heavy atom. The van der Waals surface area contributed by atoms with E-state index in [2.05, 4.69) is 4.90 Å². The van der Waals surface area contributed by atoms with Gasteiger partial charge in [0.1, 0.15) is 5.82 Å². The van der Waals surface area contributed by atoms with Gasteiger partial charge >= 0.3 is 5.97 Å². The smallest absolute Gasteiger partial charge is 0.306 e. The number of thioether (sulfide) groups is 1. The van der Waals surface area contributed by atoms with Gasteiger partial charge in [-0.3, -0.25) is 4.79 Å². The van der Waals surface area contributed by atoms with E-state index in [0.29, 0.717) is 4.90 Å². The molecular formula is C14H18FNO2S. The van der Waals surface area contributed by atoms with Crippen molar-refractivity contribution in [3.8, 4) is 0 Å². The third-order valence-corrected chi connectivity index (χ3v) is 4.47. The van der Waals surface area contributed by atoms with Gasteiger partial charge in [-0.1, -0.05) is 12.1 Å². The predicted molar refractivity (Wildman–Crippen MR) is 73.9 cm³/mol. The number of carboxylic acid groups (broad SMARTS) is 1. The molecule has 0 unspecified atom stereocenters. The number of hydrogen-bond acceptors (Lipinski definition) is 3. The molecule has 1 heterocycles. The summed E-state index contributed by atoms with van der Waals surface area (Å²) < 4.78 is 13.4. The summed E-state index contributed by atoms with van der Waals surface area (Å²) in [4.78, 5) is 13.8. The fourth-order valence-corrected chi connectivity index (χ4v) is 3.20. The zero-order chi connectivity index (χ0) is 13.7. The van der Waals surface area contributed by atoms with Crippen molar-refractivity contribution in [1.82, 2.24) is 4.90 Å². The third kappa shape index (κ3) is 4.21. The molecule has 0 atom stereocenters. The second-order valence-corrected chi connectivity index (χ2v) is 5.87. The fraction of sp³-hybridized carbons (Fsp3) is 0.500. The van der Waals surface area contributed by atoms with Gasteiger partial charge in [0.2, 0.25) is 0 Å². The summed E-state index contributed by atoms with van der Waals surface area (Å²) in [5.41, 5.74) is 0. The molecule has 5 heteroatoms. The molecule has 0 spiro atoms. The molecule has 1 aliphatic heterocycles. The van der Waals surface area contributed by atoms with Gasteiger partial charge in [0.25, 0.3) is 0 Å². The first kappa shape index (κ1) is 14.3. The molecule has 0 aromatic heterocycles. The molecule has 2 rings (SSSR count). The molecule has 1 aliphatic rings. The monoisotopic (exact) mass is 283 g/mol. The maximum atomic E-state index is 13.4. The Morgan fingerprint density at radius 3 is 2.68 bits per heavy atom. The topological polar surface area (TPSA) is 40.5 Å². The molecule has 0 saturated carbocycles. The van der Waals surface area contributed by atoms with E-state index in [1.165, 1.54) is 17.8 Å². The number of hydrogen-bond donors (Lipinski definition) is 1. The molecule has 0 bridgehead atoms. The van der Waals surface area contributed by atoms with Crippen molar-refractivity contribution in [2.45, 2.75) is 17.7 Å².